The van der Waals surface area contributed by atoms with Crippen LogP contribution in [0.5, 0.6) is 0 Å². The molecule has 0 saturated carbocycles. The molecule has 2 rings (SSSR count). The van der Waals surface area contributed by atoms with Gasteiger partial charge in [-0.05, 0) is 45.5 Å². The minimum absolute atomic E-state index is 0.0165. The van der Waals surface area contributed by atoms with Crippen molar-refractivity contribution in [1.82, 2.24) is 9.71 Å². The van der Waals surface area contributed by atoms with E-state index in [-0.39, 0.29) is 10.9 Å². The van der Waals surface area contributed by atoms with Crippen LogP contribution in [0.1, 0.15) is 29.2 Å². The number of hydrogen-bond donors (Lipinski definition) is 2. The third-order valence-electron chi connectivity index (χ3n) is 3.21. The van der Waals surface area contributed by atoms with Crippen LogP contribution in [0.25, 0.3) is 0 Å². The Morgan fingerprint density at radius 1 is 1.29 bits per heavy atom. The van der Waals surface area contributed by atoms with Crippen LogP contribution in [0, 0.1) is 13.8 Å². The number of aryl methyl sites for hydroxylation is 2. The van der Waals surface area contributed by atoms with Gasteiger partial charge in [-0.15, -0.1) is 11.3 Å². The van der Waals surface area contributed by atoms with Gasteiger partial charge in [0.25, 0.3) is 0 Å². The van der Waals surface area contributed by atoms with Gasteiger partial charge in [0.15, 0.2) is 0 Å². The zero-order valence-corrected chi connectivity index (χ0v) is 14.1. The van der Waals surface area contributed by atoms with E-state index >= 15 is 0 Å². The molecule has 0 bridgehead atoms. The molecule has 0 aliphatic rings. The van der Waals surface area contributed by atoms with Gasteiger partial charge in [-0.2, -0.15) is 0 Å². The van der Waals surface area contributed by atoms with Crippen LogP contribution < -0.4 is 10.0 Å². The van der Waals surface area contributed by atoms with Gasteiger partial charge < -0.3 is 5.32 Å². The summed E-state index contributed by atoms with van der Waals surface area (Å²) in [5.74, 6) is 0. The highest BCUT2D eigenvalue weighted by atomic mass is 32.2. The number of nitrogens with zero attached hydrogens (tertiary/aromatic N) is 1. The minimum atomic E-state index is -3.45. The molecule has 0 radical (unpaired) electrons. The summed E-state index contributed by atoms with van der Waals surface area (Å²) in [6, 6.07) is 5.34. The van der Waals surface area contributed by atoms with E-state index in [1.165, 1.54) is 7.05 Å². The first-order valence-corrected chi connectivity index (χ1v) is 8.92. The number of thiazole rings is 1. The molecule has 0 saturated heterocycles. The molecule has 1 aromatic carbocycles. The molecule has 1 unspecified atom stereocenters. The Morgan fingerprint density at radius 2 is 2.00 bits per heavy atom. The van der Waals surface area contributed by atoms with E-state index in [1.807, 2.05) is 25.3 Å². The van der Waals surface area contributed by atoms with Crippen molar-refractivity contribution >= 4 is 27.0 Å². The molecular formula is C14H19N3O2S2. The highest BCUT2D eigenvalue weighted by Gasteiger charge is 2.16. The van der Waals surface area contributed by atoms with Crippen LogP contribution in [-0.4, -0.2) is 20.4 Å². The Labute approximate surface area is 129 Å². The van der Waals surface area contributed by atoms with E-state index in [1.54, 1.807) is 30.4 Å². The van der Waals surface area contributed by atoms with Gasteiger partial charge in [0.05, 0.1) is 21.6 Å². The molecule has 114 valence electrons. The van der Waals surface area contributed by atoms with E-state index in [0.29, 0.717) is 5.56 Å². The average Bonchev–Trinajstić information content (AvgIpc) is 2.87. The largest absolute Gasteiger partial charge is 0.377 e. The topological polar surface area (TPSA) is 71.1 Å². The van der Waals surface area contributed by atoms with Gasteiger partial charge >= 0.3 is 0 Å². The van der Waals surface area contributed by atoms with Gasteiger partial charge in [0.1, 0.15) is 0 Å². The summed E-state index contributed by atoms with van der Waals surface area (Å²) < 4.78 is 26.3. The predicted octanol–water partition coefficient (Wildman–Crippen LogP) is 2.84. The van der Waals surface area contributed by atoms with E-state index in [9.17, 15) is 8.42 Å². The molecule has 0 aliphatic carbocycles. The second-order valence-corrected chi connectivity index (χ2v) is 7.76. The predicted molar refractivity (Wildman–Crippen MR) is 86.3 cm³/mol. The second-order valence-electron chi connectivity index (χ2n) is 4.85. The van der Waals surface area contributed by atoms with Crippen molar-refractivity contribution in [3.05, 3.63) is 39.8 Å². The number of benzene rings is 1. The van der Waals surface area contributed by atoms with Crippen molar-refractivity contribution in [1.29, 1.82) is 0 Å². The monoisotopic (exact) mass is 325 g/mol. The van der Waals surface area contributed by atoms with Crippen molar-refractivity contribution in [2.75, 3.05) is 12.4 Å². The molecule has 0 fully saturated rings. The number of nitrogens with one attached hydrogen (secondary N) is 2. The fourth-order valence-electron chi connectivity index (χ4n) is 1.99. The minimum Gasteiger partial charge on any atom is -0.377 e. The van der Waals surface area contributed by atoms with Crippen molar-refractivity contribution in [2.45, 2.75) is 31.7 Å². The molecule has 2 aromatic rings. The summed E-state index contributed by atoms with van der Waals surface area (Å²) >= 11 is 1.60. The van der Waals surface area contributed by atoms with Gasteiger partial charge in [-0.3, -0.25) is 0 Å². The standard InChI is InChI=1S/C14H19N3O2S2/c1-9-5-6-12(7-14(9)21(18,19)15-4)16-10(2)13-8-20-11(3)17-13/h5-8,10,15-16H,1-4H3. The summed E-state index contributed by atoms with van der Waals surface area (Å²) in [6.45, 7) is 5.74. The fraction of sp³-hybridized carbons (Fsp3) is 0.357. The van der Waals surface area contributed by atoms with Gasteiger partial charge in [0, 0.05) is 11.1 Å². The van der Waals surface area contributed by atoms with Gasteiger partial charge in [0.2, 0.25) is 10.0 Å². The smallest absolute Gasteiger partial charge is 0.240 e. The van der Waals surface area contributed by atoms with Crippen LogP contribution in [0.4, 0.5) is 5.69 Å². The summed E-state index contributed by atoms with van der Waals surface area (Å²) in [4.78, 5) is 4.73. The third-order valence-corrected chi connectivity index (χ3v) is 5.56. The molecule has 2 N–H and O–H groups in total. The van der Waals surface area contributed by atoms with Gasteiger partial charge in [-0.1, -0.05) is 6.07 Å². The van der Waals surface area contributed by atoms with Crippen molar-refractivity contribution in [3.63, 3.8) is 0 Å². The molecule has 1 heterocycles. The Morgan fingerprint density at radius 3 is 2.57 bits per heavy atom. The van der Waals surface area contributed by atoms with Crippen LogP contribution in [0.15, 0.2) is 28.5 Å². The fourth-order valence-corrected chi connectivity index (χ4v) is 3.69. The number of rotatable bonds is 5. The van der Waals surface area contributed by atoms with Crippen LogP contribution in [-0.2, 0) is 10.0 Å². The highest BCUT2D eigenvalue weighted by Crippen LogP contribution is 2.24. The molecule has 21 heavy (non-hydrogen) atoms. The SMILES string of the molecule is CNS(=O)(=O)c1cc(NC(C)c2csc(C)n2)ccc1C. The lowest BCUT2D eigenvalue weighted by Crippen LogP contribution is -2.20. The molecule has 5 nitrogen and oxygen atoms in total. The average molecular weight is 325 g/mol. The lowest BCUT2D eigenvalue weighted by molar-refractivity contribution is 0.587. The summed E-state index contributed by atoms with van der Waals surface area (Å²) in [6.07, 6.45) is 0. The number of sulfonamides is 1. The Bertz CT molecular complexity index is 738. The maximum atomic E-state index is 12.0. The first-order chi connectivity index (χ1) is 9.83. The maximum absolute atomic E-state index is 12.0. The van der Waals surface area contributed by atoms with E-state index < -0.39 is 10.0 Å². The number of hydrogen-bond acceptors (Lipinski definition) is 5. The Balaban J connectivity index is 2.28. The zero-order chi connectivity index (χ0) is 15.6. The Kier molecular flexibility index (Phi) is 4.65. The van der Waals surface area contributed by atoms with E-state index in [2.05, 4.69) is 15.0 Å². The summed E-state index contributed by atoms with van der Waals surface area (Å²) in [7, 11) is -2.04. The lowest BCUT2D eigenvalue weighted by Gasteiger charge is -2.15. The second kappa shape index (κ2) is 6.13. The molecular weight excluding hydrogens is 306 g/mol. The van der Waals surface area contributed by atoms with E-state index in [4.69, 9.17) is 0 Å². The number of aromatic nitrogens is 1. The van der Waals surface area contributed by atoms with Crippen molar-refractivity contribution < 1.29 is 8.42 Å². The van der Waals surface area contributed by atoms with Crippen molar-refractivity contribution in [3.8, 4) is 0 Å². The summed E-state index contributed by atoms with van der Waals surface area (Å²) in [5, 5.41) is 6.31. The summed E-state index contributed by atoms with van der Waals surface area (Å²) in [5.41, 5.74) is 2.43. The first kappa shape index (κ1) is 15.9. The van der Waals surface area contributed by atoms with Crippen LogP contribution in [0.2, 0.25) is 0 Å². The third kappa shape index (κ3) is 3.61. The molecule has 7 heteroatoms. The Hall–Kier alpha value is -1.44. The van der Waals surface area contributed by atoms with Crippen molar-refractivity contribution in [2.24, 2.45) is 0 Å². The zero-order valence-electron chi connectivity index (χ0n) is 12.5. The maximum Gasteiger partial charge on any atom is 0.240 e. The molecule has 1 aromatic heterocycles. The van der Waals surface area contributed by atoms with Gasteiger partial charge in [-0.25, -0.2) is 18.1 Å². The first-order valence-electron chi connectivity index (χ1n) is 6.56. The number of anilines is 1. The lowest BCUT2D eigenvalue weighted by atomic mass is 10.2. The van der Waals surface area contributed by atoms with Crippen LogP contribution >= 0.6 is 11.3 Å². The molecule has 0 amide bonds. The quantitative estimate of drug-likeness (QED) is 0.887. The molecule has 0 spiro atoms. The van der Waals surface area contributed by atoms with E-state index in [0.717, 1.165) is 16.4 Å². The normalized spacial score (nSPS) is 13.1. The molecule has 0 aliphatic heterocycles. The highest BCUT2D eigenvalue weighted by molar-refractivity contribution is 7.89. The van der Waals surface area contributed by atoms with Crippen LogP contribution in [0.3, 0.4) is 0 Å². The molecule has 1 atom stereocenters.